The van der Waals surface area contributed by atoms with Gasteiger partial charge in [-0.1, -0.05) is 0 Å². The van der Waals surface area contributed by atoms with E-state index in [1.54, 1.807) is 0 Å². The van der Waals surface area contributed by atoms with Crippen molar-refractivity contribution in [3.63, 3.8) is 0 Å². The fourth-order valence-corrected chi connectivity index (χ4v) is 1.75. The average molecular weight is 246 g/mol. The summed E-state index contributed by atoms with van der Waals surface area (Å²) >= 11 is 0. The molecule has 1 heterocycles. The molecule has 0 bridgehead atoms. The summed E-state index contributed by atoms with van der Waals surface area (Å²) < 4.78 is 48.3. The lowest BCUT2D eigenvalue weighted by atomic mass is 10.0. The Morgan fingerprint density at radius 2 is 2.06 bits per heavy atom. The van der Waals surface area contributed by atoms with Crippen molar-refractivity contribution in [3.05, 3.63) is 23.3 Å². The van der Waals surface area contributed by atoms with Crippen LogP contribution in [-0.4, -0.2) is 13.1 Å². The van der Waals surface area contributed by atoms with Gasteiger partial charge in [-0.05, 0) is 18.6 Å². The number of aldehydes is 1. The lowest BCUT2D eigenvalue weighted by molar-refractivity contribution is -0.138. The number of hydrogen-bond donors (Lipinski definition) is 0. The van der Waals surface area contributed by atoms with Crippen LogP contribution in [-0.2, 0) is 17.4 Å². The van der Waals surface area contributed by atoms with Crippen LogP contribution in [0.3, 0.4) is 0 Å². The van der Waals surface area contributed by atoms with Crippen LogP contribution in [0.4, 0.5) is 13.2 Å². The normalized spacial score (nSPS) is 13.8. The summed E-state index contributed by atoms with van der Waals surface area (Å²) in [7, 11) is 0. The number of fused-ring (bicyclic) bond motifs is 1. The standard InChI is InChI=1S/C11H9F3O3/c12-11(13,14)8-3-4-9-10(17-6-16-9)7(8)2-1-5-15/h3-5H,1-2,6H2. The molecule has 1 aliphatic heterocycles. The van der Waals surface area contributed by atoms with Crippen LogP contribution in [0, 0.1) is 0 Å². The highest BCUT2D eigenvalue weighted by atomic mass is 19.4. The van der Waals surface area contributed by atoms with E-state index in [9.17, 15) is 18.0 Å². The predicted molar refractivity (Wildman–Crippen MR) is 52.0 cm³/mol. The number of benzene rings is 1. The maximum atomic E-state index is 12.8. The Morgan fingerprint density at radius 1 is 1.29 bits per heavy atom. The van der Waals surface area contributed by atoms with Gasteiger partial charge in [-0.2, -0.15) is 13.2 Å². The van der Waals surface area contributed by atoms with Gasteiger partial charge < -0.3 is 14.3 Å². The molecule has 0 saturated carbocycles. The topological polar surface area (TPSA) is 35.5 Å². The molecule has 1 aliphatic rings. The largest absolute Gasteiger partial charge is 0.454 e. The molecular weight excluding hydrogens is 237 g/mol. The molecule has 2 rings (SSSR count). The number of carbonyl (C=O) groups is 1. The van der Waals surface area contributed by atoms with Gasteiger partial charge in [0.15, 0.2) is 11.5 Å². The molecule has 3 nitrogen and oxygen atoms in total. The lowest BCUT2D eigenvalue weighted by Gasteiger charge is -2.14. The van der Waals surface area contributed by atoms with Crippen molar-refractivity contribution < 1.29 is 27.4 Å². The van der Waals surface area contributed by atoms with E-state index >= 15 is 0 Å². The predicted octanol–water partition coefficient (Wildman–Crippen LogP) is 2.57. The Kier molecular flexibility index (Phi) is 2.95. The quantitative estimate of drug-likeness (QED) is 0.769. The van der Waals surface area contributed by atoms with Crippen LogP contribution in [0.15, 0.2) is 12.1 Å². The van der Waals surface area contributed by atoms with E-state index in [2.05, 4.69) is 0 Å². The van der Waals surface area contributed by atoms with Gasteiger partial charge in [0.25, 0.3) is 0 Å². The summed E-state index contributed by atoms with van der Waals surface area (Å²) in [6.45, 7) is -0.0925. The molecule has 92 valence electrons. The number of hydrogen-bond acceptors (Lipinski definition) is 3. The third-order valence-corrected chi connectivity index (χ3v) is 2.46. The van der Waals surface area contributed by atoms with Gasteiger partial charge in [-0.25, -0.2) is 0 Å². The molecule has 17 heavy (non-hydrogen) atoms. The summed E-state index contributed by atoms with van der Waals surface area (Å²) in [6, 6.07) is 2.18. The molecule has 0 saturated heterocycles. The monoisotopic (exact) mass is 246 g/mol. The number of alkyl halides is 3. The second-order valence-corrected chi connectivity index (χ2v) is 3.53. The van der Waals surface area contributed by atoms with Crippen LogP contribution in [0.25, 0.3) is 0 Å². The molecule has 6 heteroatoms. The molecule has 0 aliphatic carbocycles. The Labute approximate surface area is 95.1 Å². The minimum Gasteiger partial charge on any atom is -0.454 e. The first-order valence-electron chi connectivity index (χ1n) is 4.96. The van der Waals surface area contributed by atoms with Gasteiger partial charge in [-0.15, -0.1) is 0 Å². The van der Waals surface area contributed by atoms with Crippen molar-refractivity contribution in [1.29, 1.82) is 0 Å². The first-order chi connectivity index (χ1) is 8.04. The van der Waals surface area contributed by atoms with Crippen LogP contribution in [0.2, 0.25) is 0 Å². The minimum absolute atomic E-state index is 0.00905. The first-order valence-corrected chi connectivity index (χ1v) is 4.96. The SMILES string of the molecule is O=CCCc1c(C(F)(F)F)ccc2c1OCO2. The Morgan fingerprint density at radius 3 is 2.71 bits per heavy atom. The molecular formula is C11H9F3O3. The molecule has 0 amide bonds. The average Bonchev–Trinajstić information content (AvgIpc) is 2.72. The molecule has 0 radical (unpaired) electrons. The zero-order chi connectivity index (χ0) is 12.5. The highest BCUT2D eigenvalue weighted by molar-refractivity contribution is 5.56. The molecule has 0 N–H and O–H groups in total. The fourth-order valence-electron chi connectivity index (χ4n) is 1.75. The minimum atomic E-state index is -4.46. The summed E-state index contributed by atoms with van der Waals surface area (Å²) in [6.07, 6.45) is -3.87. The van der Waals surface area contributed by atoms with Gasteiger partial charge in [0.1, 0.15) is 6.29 Å². The molecule has 1 aromatic rings. The van der Waals surface area contributed by atoms with Crippen molar-refractivity contribution >= 4 is 6.29 Å². The van der Waals surface area contributed by atoms with E-state index in [0.717, 1.165) is 6.07 Å². The number of rotatable bonds is 3. The van der Waals surface area contributed by atoms with Gasteiger partial charge in [0, 0.05) is 12.0 Å². The third-order valence-electron chi connectivity index (χ3n) is 2.46. The first kappa shape index (κ1) is 11.8. The van der Waals surface area contributed by atoms with Gasteiger partial charge in [0.05, 0.1) is 5.56 Å². The Balaban J connectivity index is 2.48. The van der Waals surface area contributed by atoms with Crippen LogP contribution in [0.1, 0.15) is 17.5 Å². The fraction of sp³-hybridized carbons (Fsp3) is 0.364. The molecule has 0 aromatic heterocycles. The molecule has 0 atom stereocenters. The Hall–Kier alpha value is -1.72. The number of carbonyl (C=O) groups excluding carboxylic acids is 1. The van der Waals surface area contributed by atoms with E-state index < -0.39 is 11.7 Å². The molecule has 0 fully saturated rings. The summed E-state index contributed by atoms with van der Waals surface area (Å²) in [5.41, 5.74) is -0.789. The van der Waals surface area contributed by atoms with Crippen LogP contribution in [0.5, 0.6) is 11.5 Å². The van der Waals surface area contributed by atoms with Gasteiger partial charge in [0.2, 0.25) is 6.79 Å². The molecule has 0 spiro atoms. The van der Waals surface area contributed by atoms with Crippen molar-refractivity contribution in [3.8, 4) is 11.5 Å². The van der Waals surface area contributed by atoms with E-state index in [0.29, 0.717) is 12.0 Å². The summed E-state index contributed by atoms with van der Waals surface area (Å²) in [5.74, 6) is 0.389. The second-order valence-electron chi connectivity index (χ2n) is 3.53. The maximum Gasteiger partial charge on any atom is 0.416 e. The van der Waals surface area contributed by atoms with E-state index in [-0.39, 0.29) is 30.9 Å². The van der Waals surface area contributed by atoms with Crippen LogP contribution < -0.4 is 9.47 Å². The van der Waals surface area contributed by atoms with Crippen molar-refractivity contribution in [2.75, 3.05) is 6.79 Å². The highest BCUT2D eigenvalue weighted by Crippen LogP contribution is 2.43. The van der Waals surface area contributed by atoms with Crippen LogP contribution >= 0.6 is 0 Å². The van der Waals surface area contributed by atoms with Crippen molar-refractivity contribution in [2.24, 2.45) is 0 Å². The van der Waals surface area contributed by atoms with E-state index in [4.69, 9.17) is 9.47 Å². The maximum absolute atomic E-state index is 12.8. The zero-order valence-electron chi connectivity index (χ0n) is 8.71. The lowest BCUT2D eigenvalue weighted by Crippen LogP contribution is -2.10. The number of halogens is 3. The second kappa shape index (κ2) is 4.27. The van der Waals surface area contributed by atoms with Crippen molar-refractivity contribution in [2.45, 2.75) is 19.0 Å². The molecule has 0 unspecified atom stereocenters. The highest BCUT2D eigenvalue weighted by Gasteiger charge is 2.36. The smallest absolute Gasteiger partial charge is 0.416 e. The van der Waals surface area contributed by atoms with Crippen molar-refractivity contribution in [1.82, 2.24) is 0 Å². The van der Waals surface area contributed by atoms with Gasteiger partial charge >= 0.3 is 6.18 Å². The Bertz CT molecular complexity index is 440. The zero-order valence-corrected chi connectivity index (χ0v) is 8.71. The summed E-state index contributed by atoms with van der Waals surface area (Å²) in [5, 5.41) is 0. The summed E-state index contributed by atoms with van der Waals surface area (Å²) in [4.78, 5) is 10.3. The number of ether oxygens (including phenoxy) is 2. The van der Waals surface area contributed by atoms with E-state index in [1.165, 1.54) is 6.07 Å². The third kappa shape index (κ3) is 2.20. The van der Waals surface area contributed by atoms with Gasteiger partial charge in [-0.3, -0.25) is 0 Å². The van der Waals surface area contributed by atoms with E-state index in [1.807, 2.05) is 0 Å². The molecule has 1 aromatic carbocycles.